The molecule has 2 aromatic carbocycles. The van der Waals surface area contributed by atoms with Crippen LogP contribution in [0.25, 0.3) is 0 Å². The summed E-state index contributed by atoms with van der Waals surface area (Å²) in [7, 11) is 4.05. The summed E-state index contributed by atoms with van der Waals surface area (Å²) in [6.07, 6.45) is 0. The summed E-state index contributed by atoms with van der Waals surface area (Å²) in [5.74, 6) is -1.29. The van der Waals surface area contributed by atoms with Crippen LogP contribution < -0.4 is 9.47 Å². The van der Waals surface area contributed by atoms with Crippen LogP contribution in [0.5, 0.6) is 17.2 Å². The van der Waals surface area contributed by atoms with Gasteiger partial charge in [-0.3, -0.25) is 0 Å². The van der Waals surface area contributed by atoms with E-state index in [1.807, 2.05) is 68.7 Å². The molecule has 0 saturated carbocycles. The highest BCUT2D eigenvalue weighted by Crippen LogP contribution is 2.24. The molecule has 0 spiro atoms. The van der Waals surface area contributed by atoms with Gasteiger partial charge in [-0.15, -0.1) is 0 Å². The van der Waals surface area contributed by atoms with Crippen LogP contribution >= 0.6 is 0 Å². The normalized spacial score (nSPS) is 9.96. The van der Waals surface area contributed by atoms with E-state index in [4.69, 9.17) is 34.0 Å². The van der Waals surface area contributed by atoms with E-state index in [2.05, 4.69) is 4.90 Å². The maximum Gasteiger partial charge on any atom is 0.414 e. The lowest BCUT2D eigenvalue weighted by molar-refractivity contribution is -0.159. The van der Waals surface area contributed by atoms with E-state index in [1.54, 1.807) is 0 Å². The van der Waals surface area contributed by atoms with Crippen LogP contribution in [-0.2, 0) is 14.3 Å². The van der Waals surface area contributed by atoms with Crippen molar-refractivity contribution in [2.75, 3.05) is 40.5 Å². The zero-order valence-electron chi connectivity index (χ0n) is 15.9. The molecule has 0 unspecified atom stereocenters. The first-order valence-electron chi connectivity index (χ1n) is 8.53. The molecule has 2 rings (SSSR count). The highest BCUT2D eigenvalue weighted by Gasteiger charge is 2.04. The zero-order chi connectivity index (χ0) is 20.8. The van der Waals surface area contributed by atoms with Gasteiger partial charge in [0.05, 0.1) is 13.2 Å². The number of hydrogen-bond donors (Lipinski definition) is 2. The molecular formula is C20H25NO7. The molecule has 28 heavy (non-hydrogen) atoms. The van der Waals surface area contributed by atoms with Gasteiger partial charge < -0.3 is 29.3 Å². The van der Waals surface area contributed by atoms with E-state index >= 15 is 0 Å². The van der Waals surface area contributed by atoms with Crippen molar-refractivity contribution in [1.82, 2.24) is 4.90 Å². The van der Waals surface area contributed by atoms with Gasteiger partial charge in [-0.1, -0.05) is 24.3 Å². The Balaban J connectivity index is 0.000000568. The van der Waals surface area contributed by atoms with Crippen molar-refractivity contribution in [1.29, 1.82) is 0 Å². The number of likely N-dealkylation sites (N-methyl/N-ethyl adjacent to an activating group) is 1. The molecule has 0 aliphatic carbocycles. The van der Waals surface area contributed by atoms with E-state index in [0.29, 0.717) is 19.8 Å². The van der Waals surface area contributed by atoms with Crippen LogP contribution in [-0.4, -0.2) is 67.5 Å². The van der Waals surface area contributed by atoms with Gasteiger partial charge in [-0.2, -0.15) is 0 Å². The highest BCUT2D eigenvalue weighted by atomic mass is 16.5. The van der Waals surface area contributed by atoms with E-state index in [1.165, 1.54) is 0 Å². The molecule has 0 saturated heterocycles. The Morgan fingerprint density at radius 1 is 0.821 bits per heavy atom. The van der Waals surface area contributed by atoms with Crippen molar-refractivity contribution in [2.24, 2.45) is 0 Å². The Morgan fingerprint density at radius 3 is 2.04 bits per heavy atom. The van der Waals surface area contributed by atoms with Crippen molar-refractivity contribution < 1.29 is 34.0 Å². The van der Waals surface area contributed by atoms with Crippen molar-refractivity contribution in [3.05, 3.63) is 54.6 Å². The monoisotopic (exact) mass is 391 g/mol. The maximum absolute atomic E-state index is 9.10. The van der Waals surface area contributed by atoms with E-state index in [0.717, 1.165) is 23.8 Å². The predicted octanol–water partition coefficient (Wildman–Crippen LogP) is 2.59. The number of carboxylic acid groups (broad SMARTS) is 2. The lowest BCUT2D eigenvalue weighted by atomic mass is 10.3. The first-order chi connectivity index (χ1) is 13.4. The Kier molecular flexibility index (Phi) is 10.8. The summed E-state index contributed by atoms with van der Waals surface area (Å²) in [6, 6.07) is 17.3. The highest BCUT2D eigenvalue weighted by molar-refractivity contribution is 6.27. The molecule has 0 bridgehead atoms. The van der Waals surface area contributed by atoms with E-state index < -0.39 is 11.9 Å². The largest absolute Gasteiger partial charge is 0.491 e. The maximum atomic E-state index is 9.10. The first kappa shape index (κ1) is 22.9. The molecule has 0 radical (unpaired) electrons. The Morgan fingerprint density at radius 2 is 1.43 bits per heavy atom. The molecule has 0 aromatic heterocycles. The van der Waals surface area contributed by atoms with Gasteiger partial charge in [0.1, 0.15) is 23.9 Å². The summed E-state index contributed by atoms with van der Waals surface area (Å²) < 4.78 is 16.9. The molecule has 0 heterocycles. The fourth-order valence-corrected chi connectivity index (χ4v) is 1.82. The third-order valence-electron chi connectivity index (χ3n) is 3.15. The summed E-state index contributed by atoms with van der Waals surface area (Å²) >= 11 is 0. The molecule has 8 heteroatoms. The summed E-state index contributed by atoms with van der Waals surface area (Å²) in [6.45, 7) is 2.74. The second-order valence-electron chi connectivity index (χ2n) is 5.76. The number of hydrogen-bond acceptors (Lipinski definition) is 6. The summed E-state index contributed by atoms with van der Waals surface area (Å²) in [4.78, 5) is 20.3. The third-order valence-corrected chi connectivity index (χ3v) is 3.15. The number of ether oxygens (including phenoxy) is 3. The molecular weight excluding hydrogens is 366 g/mol. The molecule has 0 fully saturated rings. The second kappa shape index (κ2) is 13.1. The fraction of sp³-hybridized carbons (Fsp3) is 0.300. The lowest BCUT2D eigenvalue weighted by Crippen LogP contribution is -2.19. The predicted molar refractivity (Wildman–Crippen MR) is 103 cm³/mol. The molecule has 0 aliphatic rings. The minimum Gasteiger partial charge on any atom is -0.491 e. The molecule has 152 valence electrons. The van der Waals surface area contributed by atoms with Gasteiger partial charge in [0.25, 0.3) is 0 Å². The zero-order valence-corrected chi connectivity index (χ0v) is 15.9. The van der Waals surface area contributed by atoms with E-state index in [9.17, 15) is 0 Å². The first-order valence-corrected chi connectivity index (χ1v) is 8.53. The van der Waals surface area contributed by atoms with Crippen LogP contribution in [0.15, 0.2) is 54.6 Å². The van der Waals surface area contributed by atoms with Crippen molar-refractivity contribution >= 4 is 11.9 Å². The number of carboxylic acids is 2. The molecule has 8 nitrogen and oxygen atoms in total. The minimum absolute atomic E-state index is 0.530. The Hall–Kier alpha value is -3.10. The molecule has 0 atom stereocenters. The molecule has 2 aromatic rings. The van der Waals surface area contributed by atoms with Crippen molar-refractivity contribution in [3.8, 4) is 17.2 Å². The van der Waals surface area contributed by atoms with Crippen LogP contribution in [0.3, 0.4) is 0 Å². The topological polar surface area (TPSA) is 106 Å². The number of para-hydroxylation sites is 1. The summed E-state index contributed by atoms with van der Waals surface area (Å²) in [5, 5.41) is 14.8. The Bertz CT molecular complexity index is 708. The van der Waals surface area contributed by atoms with Crippen molar-refractivity contribution in [2.45, 2.75) is 0 Å². The fourth-order valence-electron chi connectivity index (χ4n) is 1.82. The lowest BCUT2D eigenvalue weighted by Gasteiger charge is -2.11. The van der Waals surface area contributed by atoms with Crippen LogP contribution in [0.2, 0.25) is 0 Å². The van der Waals surface area contributed by atoms with Gasteiger partial charge in [0.2, 0.25) is 0 Å². The molecule has 0 aliphatic heterocycles. The number of rotatable bonds is 9. The standard InChI is InChI=1S/C18H23NO3.C2H2O4/c1-19(2)11-12-20-13-14-21-17-9-6-10-18(15-17)22-16-7-4-3-5-8-16;3-1(4)2(5)6/h3-10,15H,11-14H2,1-2H3;(H,3,4)(H,5,6). The number of carbonyl (C=O) groups is 2. The molecule has 2 N–H and O–H groups in total. The summed E-state index contributed by atoms with van der Waals surface area (Å²) in [5.41, 5.74) is 0. The van der Waals surface area contributed by atoms with Gasteiger partial charge in [0.15, 0.2) is 0 Å². The SMILES string of the molecule is CN(C)CCOCCOc1cccc(Oc2ccccc2)c1.O=C(O)C(=O)O. The molecule has 0 amide bonds. The quantitative estimate of drug-likeness (QED) is 0.496. The average Bonchev–Trinajstić information content (AvgIpc) is 2.66. The van der Waals surface area contributed by atoms with Crippen LogP contribution in [0.1, 0.15) is 0 Å². The van der Waals surface area contributed by atoms with Gasteiger partial charge >= 0.3 is 11.9 Å². The number of benzene rings is 2. The van der Waals surface area contributed by atoms with E-state index in [-0.39, 0.29) is 0 Å². The van der Waals surface area contributed by atoms with Gasteiger partial charge in [-0.25, -0.2) is 9.59 Å². The number of nitrogens with zero attached hydrogens (tertiary/aromatic N) is 1. The Labute approximate surface area is 163 Å². The van der Waals surface area contributed by atoms with Crippen molar-refractivity contribution in [3.63, 3.8) is 0 Å². The van der Waals surface area contributed by atoms with Gasteiger partial charge in [-0.05, 0) is 38.4 Å². The second-order valence-corrected chi connectivity index (χ2v) is 5.76. The third kappa shape index (κ3) is 10.8. The number of aliphatic carboxylic acids is 2. The van der Waals surface area contributed by atoms with Crippen LogP contribution in [0, 0.1) is 0 Å². The van der Waals surface area contributed by atoms with Gasteiger partial charge in [0, 0.05) is 12.6 Å². The van der Waals surface area contributed by atoms with Crippen LogP contribution in [0.4, 0.5) is 0 Å². The minimum atomic E-state index is -1.82. The smallest absolute Gasteiger partial charge is 0.414 e. The average molecular weight is 391 g/mol.